The zero-order valence-corrected chi connectivity index (χ0v) is 26.8. The van der Waals surface area contributed by atoms with Gasteiger partial charge in [0.05, 0.1) is 112 Å². The molecule has 0 N–H and O–H groups in total. The second-order valence-electron chi connectivity index (χ2n) is 9.95. The molecule has 256 valence electrons. The van der Waals surface area contributed by atoms with E-state index in [0.29, 0.717) is 119 Å². The molecule has 43 heavy (non-hydrogen) atoms. The molecule has 12 nitrogen and oxygen atoms in total. The van der Waals surface area contributed by atoms with Crippen molar-refractivity contribution < 1.29 is 56.9 Å². The van der Waals surface area contributed by atoms with Crippen LogP contribution in [0.15, 0.2) is 0 Å². The van der Waals surface area contributed by atoms with Gasteiger partial charge >= 0.3 is 5.97 Å². The maximum absolute atomic E-state index is 11.6. The lowest BCUT2D eigenvalue weighted by Gasteiger charge is -2.22. The fourth-order valence-corrected chi connectivity index (χ4v) is 3.88. The van der Waals surface area contributed by atoms with E-state index in [-0.39, 0.29) is 18.9 Å². The topological polar surface area (TPSA) is 119 Å². The molecule has 1 unspecified atom stereocenters. The van der Waals surface area contributed by atoms with Crippen LogP contribution in [0, 0.1) is 0 Å². The van der Waals surface area contributed by atoms with Gasteiger partial charge in [0.1, 0.15) is 6.61 Å². The number of carbonyl (C=O) groups excluding carboxylic acids is 1. The zero-order valence-electron chi connectivity index (χ0n) is 26.8. The summed E-state index contributed by atoms with van der Waals surface area (Å²) in [7, 11) is 0. The Balaban J connectivity index is 1.63. The predicted molar refractivity (Wildman–Crippen MR) is 160 cm³/mol. The molecule has 1 heterocycles. The third kappa shape index (κ3) is 30.9. The maximum Gasteiger partial charge on any atom is 0.305 e. The summed E-state index contributed by atoms with van der Waals surface area (Å²) < 4.78 is 60.0. The molecule has 0 aromatic heterocycles. The Morgan fingerprint density at radius 1 is 0.535 bits per heavy atom. The largest absolute Gasteiger partial charge is 0.463 e. The molecule has 0 aromatic rings. The van der Waals surface area contributed by atoms with E-state index in [1.54, 1.807) is 0 Å². The average molecular weight is 625 g/mol. The van der Waals surface area contributed by atoms with Gasteiger partial charge in [-0.1, -0.05) is 32.6 Å². The fourth-order valence-electron chi connectivity index (χ4n) is 3.88. The van der Waals surface area contributed by atoms with Crippen molar-refractivity contribution in [1.82, 2.24) is 0 Å². The third-order valence-electron chi connectivity index (χ3n) is 6.25. The van der Waals surface area contributed by atoms with Crippen molar-refractivity contribution in [2.24, 2.45) is 0 Å². The second-order valence-corrected chi connectivity index (χ2v) is 9.95. The number of ether oxygens (including phenoxy) is 11. The average Bonchev–Trinajstić information content (AvgIpc) is 3.02. The van der Waals surface area contributed by atoms with E-state index >= 15 is 0 Å². The smallest absolute Gasteiger partial charge is 0.305 e. The lowest BCUT2D eigenvalue weighted by atomic mass is 10.1. The molecular weight excluding hydrogens is 564 g/mol. The lowest BCUT2D eigenvalue weighted by Crippen LogP contribution is -2.24. The van der Waals surface area contributed by atoms with E-state index in [9.17, 15) is 4.79 Å². The first-order chi connectivity index (χ1) is 21.3. The minimum Gasteiger partial charge on any atom is -0.463 e. The second kappa shape index (κ2) is 34.0. The number of carbonyl (C=O) groups is 1. The van der Waals surface area contributed by atoms with Crippen LogP contribution < -0.4 is 0 Å². The van der Waals surface area contributed by atoms with Gasteiger partial charge in [0, 0.05) is 13.0 Å². The van der Waals surface area contributed by atoms with Crippen LogP contribution in [0.25, 0.3) is 0 Å². The van der Waals surface area contributed by atoms with Gasteiger partial charge in [-0.25, -0.2) is 0 Å². The molecule has 1 aliphatic heterocycles. The molecule has 1 rings (SSSR count). The number of hydrogen-bond acceptors (Lipinski definition) is 12. The van der Waals surface area contributed by atoms with Crippen LogP contribution in [0.1, 0.15) is 64.7 Å². The Morgan fingerprint density at radius 2 is 0.953 bits per heavy atom. The minimum absolute atomic E-state index is 0.0660. The van der Waals surface area contributed by atoms with Gasteiger partial charge in [0.15, 0.2) is 6.29 Å². The molecule has 0 aromatic carbocycles. The van der Waals surface area contributed by atoms with Crippen LogP contribution in [-0.4, -0.2) is 138 Å². The Hall–Kier alpha value is -0.930. The van der Waals surface area contributed by atoms with Crippen molar-refractivity contribution in [2.75, 3.05) is 126 Å². The summed E-state index contributed by atoms with van der Waals surface area (Å²) in [4.78, 5) is 11.6. The van der Waals surface area contributed by atoms with E-state index in [2.05, 4.69) is 6.92 Å². The minimum atomic E-state index is -0.145. The summed E-state index contributed by atoms with van der Waals surface area (Å²) in [6, 6.07) is 0. The van der Waals surface area contributed by atoms with Crippen LogP contribution in [0.3, 0.4) is 0 Å². The monoisotopic (exact) mass is 624 g/mol. The first-order valence-electron chi connectivity index (χ1n) is 16.3. The van der Waals surface area contributed by atoms with Gasteiger partial charge in [0.2, 0.25) is 0 Å². The molecule has 0 saturated carbocycles. The van der Waals surface area contributed by atoms with E-state index in [1.807, 2.05) is 0 Å². The van der Waals surface area contributed by atoms with Gasteiger partial charge in [0.25, 0.3) is 0 Å². The van der Waals surface area contributed by atoms with Crippen molar-refractivity contribution in [3.8, 4) is 0 Å². The summed E-state index contributed by atoms with van der Waals surface area (Å²) in [6.45, 7) is 11.8. The summed E-state index contributed by atoms with van der Waals surface area (Å²) in [5.74, 6) is -0.145. The van der Waals surface area contributed by atoms with Crippen molar-refractivity contribution in [3.05, 3.63) is 0 Å². The van der Waals surface area contributed by atoms with Crippen LogP contribution in [-0.2, 0) is 56.9 Å². The van der Waals surface area contributed by atoms with Crippen molar-refractivity contribution >= 4 is 5.97 Å². The molecular formula is C31H60O12. The van der Waals surface area contributed by atoms with Gasteiger partial charge in [-0.2, -0.15) is 0 Å². The van der Waals surface area contributed by atoms with E-state index < -0.39 is 0 Å². The maximum atomic E-state index is 11.6. The Kier molecular flexibility index (Phi) is 31.7. The molecule has 0 bridgehead atoms. The Morgan fingerprint density at radius 3 is 1.37 bits per heavy atom. The van der Waals surface area contributed by atoms with Crippen molar-refractivity contribution in [3.63, 3.8) is 0 Å². The number of unbranched alkanes of at least 4 members (excludes halogenated alkanes) is 4. The number of esters is 1. The molecule has 12 heteroatoms. The zero-order chi connectivity index (χ0) is 30.7. The van der Waals surface area contributed by atoms with Crippen molar-refractivity contribution in [1.29, 1.82) is 0 Å². The lowest BCUT2D eigenvalue weighted by molar-refractivity contribution is -0.169. The summed E-state index contributed by atoms with van der Waals surface area (Å²) in [5.41, 5.74) is 0. The summed E-state index contributed by atoms with van der Waals surface area (Å²) >= 11 is 0. The molecule has 1 fully saturated rings. The molecule has 0 aliphatic carbocycles. The van der Waals surface area contributed by atoms with E-state index in [1.165, 1.54) is 25.7 Å². The number of rotatable bonds is 34. The molecule has 0 radical (unpaired) electrons. The predicted octanol–water partition coefficient (Wildman–Crippen LogP) is 3.57. The summed E-state index contributed by atoms with van der Waals surface area (Å²) in [6.07, 6.45) is 9.28. The Labute approximate surface area is 259 Å². The normalized spacial score (nSPS) is 15.2. The Bertz CT molecular complexity index is 563. The SMILES string of the molecule is CCCCCCCC(=O)OCCOCCOCCOCCOCCOCCOCCOCCOCCOC1CCCCO1. The van der Waals surface area contributed by atoms with Crippen LogP contribution in [0.2, 0.25) is 0 Å². The first-order valence-corrected chi connectivity index (χ1v) is 16.3. The van der Waals surface area contributed by atoms with Gasteiger partial charge < -0.3 is 52.1 Å². The third-order valence-corrected chi connectivity index (χ3v) is 6.25. The van der Waals surface area contributed by atoms with Crippen LogP contribution >= 0.6 is 0 Å². The highest BCUT2D eigenvalue weighted by Crippen LogP contribution is 2.13. The highest BCUT2D eigenvalue weighted by atomic mass is 16.7. The fraction of sp³-hybridized carbons (Fsp3) is 0.968. The first kappa shape index (κ1) is 40.1. The van der Waals surface area contributed by atoms with Crippen LogP contribution in [0.4, 0.5) is 0 Å². The number of hydrogen-bond donors (Lipinski definition) is 0. The van der Waals surface area contributed by atoms with Crippen LogP contribution in [0.5, 0.6) is 0 Å². The summed E-state index contributed by atoms with van der Waals surface area (Å²) in [5, 5.41) is 0. The van der Waals surface area contributed by atoms with Gasteiger partial charge in [-0.05, 0) is 25.7 Å². The highest BCUT2D eigenvalue weighted by Gasteiger charge is 2.13. The van der Waals surface area contributed by atoms with E-state index in [0.717, 1.165) is 32.3 Å². The standard InChI is InChI=1S/C31H60O12/c1-2-3-4-5-6-9-30(32)41-28-26-39-24-22-37-20-18-35-16-14-33-12-13-34-15-17-36-19-21-38-23-25-40-27-29-43-31-10-7-8-11-42-31/h31H,2-29H2,1H3. The molecule has 1 atom stereocenters. The highest BCUT2D eigenvalue weighted by molar-refractivity contribution is 5.69. The van der Waals surface area contributed by atoms with Crippen molar-refractivity contribution in [2.45, 2.75) is 71.0 Å². The van der Waals surface area contributed by atoms with E-state index in [4.69, 9.17) is 52.1 Å². The van der Waals surface area contributed by atoms with Gasteiger partial charge in [-0.15, -0.1) is 0 Å². The molecule has 1 saturated heterocycles. The molecule has 1 aliphatic rings. The molecule has 0 spiro atoms. The molecule has 0 amide bonds. The quantitative estimate of drug-likeness (QED) is 0.0769. The van der Waals surface area contributed by atoms with Gasteiger partial charge in [-0.3, -0.25) is 4.79 Å².